The average Bonchev–Trinajstić information content (AvgIpc) is 2.56. The van der Waals surface area contributed by atoms with Crippen LogP contribution in [-0.4, -0.2) is 13.6 Å². The first-order chi connectivity index (χ1) is 7.26. The predicted octanol–water partition coefficient (Wildman–Crippen LogP) is 1.29. The third kappa shape index (κ3) is 1.87. The zero-order valence-electron chi connectivity index (χ0n) is 9.19. The van der Waals surface area contributed by atoms with E-state index in [2.05, 4.69) is 19.8 Å². The molecule has 0 aliphatic carbocycles. The molecule has 1 aliphatic rings. The highest BCUT2D eigenvalue weighted by Crippen LogP contribution is 2.28. The third-order valence-electron chi connectivity index (χ3n) is 2.83. The molecule has 2 rings (SSSR count). The van der Waals surface area contributed by atoms with Crippen molar-refractivity contribution in [3.8, 4) is 5.75 Å². The van der Waals surface area contributed by atoms with Crippen LogP contribution in [0.15, 0.2) is 18.2 Å². The van der Waals surface area contributed by atoms with Gasteiger partial charge in [-0.05, 0) is 29.6 Å². The molecule has 2 N–H and O–H groups in total. The third-order valence-corrected chi connectivity index (χ3v) is 2.83. The molecular weight excluding hydrogens is 189 g/mol. The quantitative estimate of drug-likeness (QED) is 0.597. The normalized spacial score (nSPS) is 19.1. The largest absolute Gasteiger partial charge is 0.479 e. The van der Waals surface area contributed by atoms with E-state index in [0.717, 1.165) is 12.2 Å². The molecule has 15 heavy (non-hydrogen) atoms. The van der Waals surface area contributed by atoms with Gasteiger partial charge in [0.15, 0.2) is 0 Å². The standard InChI is InChI=1S/C11H16BNO2/c1-3-11-9-5-4-8(14-7-13)6-10(9)12(2)15-11/h4-6,11H,3,7,13H2,1-2H3/t11-/m0/s1. The van der Waals surface area contributed by atoms with E-state index in [1.807, 2.05) is 12.1 Å². The van der Waals surface area contributed by atoms with Crippen LogP contribution in [0.1, 0.15) is 25.0 Å². The number of hydrogen-bond donors (Lipinski definition) is 1. The summed E-state index contributed by atoms with van der Waals surface area (Å²) in [5, 5.41) is 0. The molecule has 0 fully saturated rings. The van der Waals surface area contributed by atoms with Crippen molar-refractivity contribution in [1.29, 1.82) is 0 Å². The maximum Gasteiger partial charge on any atom is 0.324 e. The smallest absolute Gasteiger partial charge is 0.324 e. The fraction of sp³-hybridized carbons (Fsp3) is 0.455. The zero-order chi connectivity index (χ0) is 10.8. The maximum absolute atomic E-state index is 5.83. The lowest BCUT2D eigenvalue weighted by Gasteiger charge is -2.09. The van der Waals surface area contributed by atoms with Crippen LogP contribution in [0.5, 0.6) is 5.75 Å². The lowest BCUT2D eigenvalue weighted by Crippen LogP contribution is -2.24. The van der Waals surface area contributed by atoms with Gasteiger partial charge in [-0.25, -0.2) is 0 Å². The summed E-state index contributed by atoms with van der Waals surface area (Å²) >= 11 is 0. The van der Waals surface area contributed by atoms with E-state index in [-0.39, 0.29) is 19.8 Å². The SMILES string of the molecule is CC[C@@H]1OB(C)c2cc(OCN)ccc21. The molecule has 1 atom stereocenters. The number of nitrogens with two attached hydrogens (primary N) is 1. The van der Waals surface area contributed by atoms with Crippen LogP contribution in [0, 0.1) is 0 Å². The Bertz CT molecular complexity index is 356. The lowest BCUT2D eigenvalue weighted by atomic mass is 9.64. The minimum Gasteiger partial charge on any atom is -0.479 e. The van der Waals surface area contributed by atoms with Crippen molar-refractivity contribution in [3.05, 3.63) is 23.8 Å². The van der Waals surface area contributed by atoms with Gasteiger partial charge in [-0.1, -0.05) is 19.8 Å². The van der Waals surface area contributed by atoms with Crippen LogP contribution < -0.4 is 15.9 Å². The number of hydrogen-bond acceptors (Lipinski definition) is 3. The first-order valence-electron chi connectivity index (χ1n) is 5.38. The number of ether oxygens (including phenoxy) is 1. The summed E-state index contributed by atoms with van der Waals surface area (Å²) in [5.41, 5.74) is 7.86. The van der Waals surface area contributed by atoms with Crippen molar-refractivity contribution in [2.45, 2.75) is 26.3 Å². The van der Waals surface area contributed by atoms with E-state index in [1.165, 1.54) is 11.0 Å². The molecular formula is C11H16BNO2. The predicted molar refractivity (Wildman–Crippen MR) is 61.5 cm³/mol. The highest BCUT2D eigenvalue weighted by molar-refractivity contribution is 6.67. The Morgan fingerprint density at radius 1 is 1.53 bits per heavy atom. The van der Waals surface area contributed by atoms with Crippen molar-refractivity contribution >= 4 is 12.4 Å². The molecule has 1 aromatic rings. The van der Waals surface area contributed by atoms with Crippen molar-refractivity contribution in [1.82, 2.24) is 0 Å². The van der Waals surface area contributed by atoms with Gasteiger partial charge in [0.1, 0.15) is 12.5 Å². The summed E-state index contributed by atoms with van der Waals surface area (Å²) in [6.45, 7) is 4.58. The summed E-state index contributed by atoms with van der Waals surface area (Å²) in [6, 6.07) is 6.07. The van der Waals surface area contributed by atoms with Crippen LogP contribution in [0.3, 0.4) is 0 Å². The van der Waals surface area contributed by atoms with Gasteiger partial charge in [-0.3, -0.25) is 5.73 Å². The number of rotatable bonds is 3. The molecule has 0 aromatic heterocycles. The van der Waals surface area contributed by atoms with Gasteiger partial charge in [0, 0.05) is 0 Å². The summed E-state index contributed by atoms with van der Waals surface area (Å²) in [5.74, 6) is 0.823. The Morgan fingerprint density at radius 3 is 3.00 bits per heavy atom. The second-order valence-electron chi connectivity index (χ2n) is 3.78. The molecule has 80 valence electrons. The summed E-state index contributed by atoms with van der Waals surface area (Å²) in [6.07, 6.45) is 1.25. The van der Waals surface area contributed by atoms with Crippen molar-refractivity contribution in [2.75, 3.05) is 6.73 Å². The molecule has 0 amide bonds. The van der Waals surface area contributed by atoms with Crippen molar-refractivity contribution < 1.29 is 9.39 Å². The molecule has 0 saturated heterocycles. The summed E-state index contributed by atoms with van der Waals surface area (Å²) in [4.78, 5) is 0. The van der Waals surface area contributed by atoms with Gasteiger partial charge in [-0.15, -0.1) is 0 Å². The second-order valence-corrected chi connectivity index (χ2v) is 3.78. The van der Waals surface area contributed by atoms with Gasteiger partial charge in [-0.2, -0.15) is 0 Å². The van der Waals surface area contributed by atoms with Crippen LogP contribution in [-0.2, 0) is 4.65 Å². The molecule has 1 aliphatic heterocycles. The van der Waals surface area contributed by atoms with Crippen LogP contribution in [0.4, 0.5) is 0 Å². The average molecular weight is 205 g/mol. The van der Waals surface area contributed by atoms with Crippen molar-refractivity contribution in [3.63, 3.8) is 0 Å². The van der Waals surface area contributed by atoms with Crippen LogP contribution >= 0.6 is 0 Å². The van der Waals surface area contributed by atoms with Gasteiger partial charge < -0.3 is 9.39 Å². The Kier molecular flexibility index (Phi) is 2.98. The molecule has 3 nitrogen and oxygen atoms in total. The van der Waals surface area contributed by atoms with E-state index in [4.69, 9.17) is 15.1 Å². The molecule has 0 radical (unpaired) electrons. The zero-order valence-corrected chi connectivity index (χ0v) is 9.19. The monoisotopic (exact) mass is 205 g/mol. The van der Waals surface area contributed by atoms with E-state index in [0.29, 0.717) is 0 Å². The molecule has 4 heteroatoms. The topological polar surface area (TPSA) is 44.5 Å². The maximum atomic E-state index is 5.83. The first kappa shape index (κ1) is 10.5. The summed E-state index contributed by atoms with van der Waals surface area (Å²) in [7, 11) is 0. The minimum absolute atomic E-state index is 0.159. The highest BCUT2D eigenvalue weighted by Gasteiger charge is 2.30. The van der Waals surface area contributed by atoms with Crippen LogP contribution in [0.25, 0.3) is 0 Å². The van der Waals surface area contributed by atoms with E-state index in [1.54, 1.807) is 0 Å². The molecule has 1 heterocycles. The molecule has 1 aromatic carbocycles. The fourth-order valence-electron chi connectivity index (χ4n) is 2.09. The van der Waals surface area contributed by atoms with Crippen LogP contribution in [0.2, 0.25) is 6.82 Å². The number of fused-ring (bicyclic) bond motifs is 1. The van der Waals surface area contributed by atoms with Gasteiger partial charge in [0.05, 0.1) is 6.10 Å². The summed E-state index contributed by atoms with van der Waals surface area (Å²) < 4.78 is 11.1. The molecule has 0 bridgehead atoms. The molecule has 0 spiro atoms. The molecule has 0 saturated carbocycles. The Labute approximate surface area is 90.7 Å². The lowest BCUT2D eigenvalue weighted by molar-refractivity contribution is 0.221. The Morgan fingerprint density at radius 2 is 2.33 bits per heavy atom. The first-order valence-corrected chi connectivity index (χ1v) is 5.38. The number of benzene rings is 1. The van der Waals surface area contributed by atoms with Gasteiger partial charge >= 0.3 is 6.92 Å². The van der Waals surface area contributed by atoms with Gasteiger partial charge in [0.25, 0.3) is 0 Å². The minimum atomic E-state index is 0.159. The van der Waals surface area contributed by atoms with Gasteiger partial charge in [0.2, 0.25) is 0 Å². The fourth-order valence-corrected chi connectivity index (χ4v) is 2.09. The van der Waals surface area contributed by atoms with E-state index < -0.39 is 0 Å². The van der Waals surface area contributed by atoms with Crippen molar-refractivity contribution in [2.24, 2.45) is 5.73 Å². The second kappa shape index (κ2) is 4.25. The molecule has 0 unspecified atom stereocenters. The highest BCUT2D eigenvalue weighted by atomic mass is 16.5. The van der Waals surface area contributed by atoms with E-state index >= 15 is 0 Å². The Hall–Kier alpha value is -0.995. The Balaban J connectivity index is 2.32. The van der Waals surface area contributed by atoms with E-state index in [9.17, 15) is 0 Å².